The summed E-state index contributed by atoms with van der Waals surface area (Å²) in [6, 6.07) is 19.9. The normalized spacial score (nSPS) is 14.5. The van der Waals surface area contributed by atoms with E-state index < -0.39 is 28.5 Å². The van der Waals surface area contributed by atoms with Crippen LogP contribution in [0, 0.1) is 0 Å². The lowest BCUT2D eigenvalue weighted by Gasteiger charge is -2.35. The number of carbonyl (C=O) groups is 2. The molecule has 0 heterocycles. The Labute approximate surface area is 264 Å². The van der Waals surface area contributed by atoms with Crippen molar-refractivity contribution in [3.05, 3.63) is 94.0 Å². The Morgan fingerprint density at radius 3 is 2.23 bits per heavy atom. The van der Waals surface area contributed by atoms with Crippen LogP contribution in [0.5, 0.6) is 5.75 Å². The van der Waals surface area contributed by atoms with E-state index in [0.29, 0.717) is 21.4 Å². The van der Waals surface area contributed by atoms with Gasteiger partial charge in [0.1, 0.15) is 18.3 Å². The lowest BCUT2D eigenvalue weighted by atomic mass is 9.94. The molecule has 3 aromatic rings. The zero-order valence-corrected chi connectivity index (χ0v) is 26.7. The summed E-state index contributed by atoms with van der Waals surface area (Å²) in [6.45, 7) is -0.640. The fraction of sp³-hybridized carbons (Fsp3) is 0.375. The van der Waals surface area contributed by atoms with Crippen molar-refractivity contribution in [1.82, 2.24) is 10.2 Å². The average Bonchev–Trinajstić information content (AvgIpc) is 2.99. The third-order valence-corrected chi connectivity index (χ3v) is 9.48. The summed E-state index contributed by atoms with van der Waals surface area (Å²) in [5.74, 6) is -0.448. The van der Waals surface area contributed by atoms with Crippen LogP contribution in [-0.2, 0) is 32.6 Å². The predicted molar refractivity (Wildman–Crippen MR) is 171 cm³/mol. The quantitative estimate of drug-likeness (QED) is 0.266. The van der Waals surface area contributed by atoms with Gasteiger partial charge in [-0.15, -0.1) is 0 Å². The van der Waals surface area contributed by atoms with Crippen LogP contribution in [0.25, 0.3) is 0 Å². The van der Waals surface area contributed by atoms with Gasteiger partial charge in [-0.05, 0) is 42.7 Å². The molecule has 0 bridgehead atoms. The average molecular weight is 647 g/mol. The number of methoxy groups -OCH3 is 1. The summed E-state index contributed by atoms with van der Waals surface area (Å²) in [4.78, 5) is 29.7. The van der Waals surface area contributed by atoms with Crippen LogP contribution >= 0.6 is 23.2 Å². The van der Waals surface area contributed by atoms with Gasteiger partial charge in [-0.25, -0.2) is 8.42 Å². The monoisotopic (exact) mass is 645 g/mol. The maximum absolute atomic E-state index is 14.3. The number of hydrogen-bond acceptors (Lipinski definition) is 5. The molecule has 1 aliphatic rings. The summed E-state index contributed by atoms with van der Waals surface area (Å²) in [7, 11) is -2.44. The van der Waals surface area contributed by atoms with Gasteiger partial charge in [0.25, 0.3) is 0 Å². The first kappa shape index (κ1) is 32.6. The molecule has 3 aromatic carbocycles. The maximum Gasteiger partial charge on any atom is 0.244 e. The van der Waals surface area contributed by atoms with Gasteiger partial charge in [0.05, 0.1) is 19.1 Å². The zero-order chi connectivity index (χ0) is 31.0. The molecule has 1 unspecified atom stereocenters. The summed E-state index contributed by atoms with van der Waals surface area (Å²) >= 11 is 13.1. The highest BCUT2D eigenvalue weighted by Crippen LogP contribution is 2.29. The van der Waals surface area contributed by atoms with Crippen LogP contribution in [-0.4, -0.2) is 57.1 Å². The van der Waals surface area contributed by atoms with E-state index in [2.05, 4.69) is 5.32 Å². The fourth-order valence-corrected chi connectivity index (χ4v) is 6.69. The fourth-order valence-electron chi connectivity index (χ4n) is 5.33. The largest absolute Gasteiger partial charge is 0.497 e. The number of rotatable bonds is 12. The van der Waals surface area contributed by atoms with Gasteiger partial charge in [0.2, 0.25) is 21.8 Å². The lowest BCUT2D eigenvalue weighted by Crippen LogP contribution is -2.55. The SMILES string of the molecule is COc1cccc(N(CC(=O)N(Cc2c(Cl)cccc2Cl)C(Cc2ccccc2)C(=O)NC2CCCCC2)S(C)(=O)=O)c1. The van der Waals surface area contributed by atoms with Crippen molar-refractivity contribution in [3.8, 4) is 5.75 Å². The van der Waals surface area contributed by atoms with Crippen molar-refractivity contribution < 1.29 is 22.7 Å². The first-order chi connectivity index (χ1) is 20.6. The van der Waals surface area contributed by atoms with E-state index in [-0.39, 0.29) is 30.6 Å². The van der Waals surface area contributed by atoms with Crippen LogP contribution < -0.4 is 14.4 Å². The molecule has 1 aliphatic carbocycles. The predicted octanol–water partition coefficient (Wildman–Crippen LogP) is 5.86. The summed E-state index contributed by atoms with van der Waals surface area (Å²) < 4.78 is 32.3. The molecule has 1 N–H and O–H groups in total. The molecule has 0 radical (unpaired) electrons. The zero-order valence-electron chi connectivity index (χ0n) is 24.3. The number of hydrogen-bond donors (Lipinski definition) is 1. The number of carbonyl (C=O) groups excluding carboxylic acids is 2. The first-order valence-corrected chi connectivity index (χ1v) is 16.9. The Hall–Kier alpha value is -3.27. The van der Waals surface area contributed by atoms with E-state index in [0.717, 1.165) is 48.2 Å². The minimum atomic E-state index is -3.91. The van der Waals surface area contributed by atoms with Crippen LogP contribution in [0.2, 0.25) is 10.0 Å². The molecule has 2 amide bonds. The number of amides is 2. The molecule has 0 spiro atoms. The number of halogens is 2. The van der Waals surface area contributed by atoms with Crippen LogP contribution in [0.1, 0.15) is 43.2 Å². The maximum atomic E-state index is 14.3. The Bertz CT molecular complexity index is 1490. The molecule has 230 valence electrons. The highest BCUT2D eigenvalue weighted by molar-refractivity contribution is 7.92. The summed E-state index contributed by atoms with van der Waals surface area (Å²) in [5.41, 5.74) is 1.58. The minimum Gasteiger partial charge on any atom is -0.497 e. The molecule has 0 saturated heterocycles. The first-order valence-electron chi connectivity index (χ1n) is 14.2. The molecule has 0 aliphatic heterocycles. The smallest absolute Gasteiger partial charge is 0.244 e. The molecular weight excluding hydrogens is 609 g/mol. The Kier molecular flexibility index (Phi) is 11.3. The van der Waals surface area contributed by atoms with Gasteiger partial charge < -0.3 is 15.0 Å². The highest BCUT2D eigenvalue weighted by Gasteiger charge is 2.34. The van der Waals surface area contributed by atoms with Crippen LogP contribution in [0.4, 0.5) is 5.69 Å². The molecule has 1 saturated carbocycles. The Balaban J connectivity index is 1.76. The summed E-state index contributed by atoms with van der Waals surface area (Å²) in [5, 5.41) is 3.85. The number of nitrogens with zero attached hydrogens (tertiary/aromatic N) is 2. The molecular formula is C32H37Cl2N3O5S. The topological polar surface area (TPSA) is 96.0 Å². The second-order valence-corrected chi connectivity index (χ2v) is 13.5. The second-order valence-electron chi connectivity index (χ2n) is 10.7. The van der Waals surface area contributed by atoms with Gasteiger partial charge >= 0.3 is 0 Å². The highest BCUT2D eigenvalue weighted by atomic mass is 35.5. The second kappa shape index (κ2) is 14.9. The summed E-state index contributed by atoms with van der Waals surface area (Å²) in [6.07, 6.45) is 6.15. The van der Waals surface area contributed by atoms with Crippen molar-refractivity contribution in [2.45, 2.75) is 57.2 Å². The van der Waals surface area contributed by atoms with E-state index in [1.165, 1.54) is 12.0 Å². The third-order valence-electron chi connectivity index (χ3n) is 7.63. The molecule has 8 nitrogen and oxygen atoms in total. The van der Waals surface area contributed by atoms with Crippen molar-refractivity contribution in [2.75, 3.05) is 24.2 Å². The van der Waals surface area contributed by atoms with Gasteiger partial charge in [-0.1, -0.05) is 84.9 Å². The standard InChI is InChI=1S/C32H37Cl2N3O5S/c1-42-26-16-9-15-25(20-26)37(43(2,40)41)22-31(38)36(21-27-28(33)17-10-18-29(27)34)30(19-23-11-5-3-6-12-23)32(39)35-24-13-7-4-8-14-24/h3,5-6,9-12,15-18,20,24,30H,4,7-8,13-14,19,21-22H2,1-2H3,(H,35,39). The molecule has 1 fully saturated rings. The van der Waals surface area contributed by atoms with Crippen LogP contribution in [0.15, 0.2) is 72.8 Å². The van der Waals surface area contributed by atoms with Crippen molar-refractivity contribution >= 4 is 50.7 Å². The van der Waals surface area contributed by atoms with Crippen LogP contribution in [0.3, 0.4) is 0 Å². The third kappa shape index (κ3) is 8.87. The van der Waals surface area contributed by atoms with E-state index in [1.807, 2.05) is 30.3 Å². The molecule has 4 rings (SSSR count). The van der Waals surface area contributed by atoms with Crippen molar-refractivity contribution in [1.29, 1.82) is 0 Å². The van der Waals surface area contributed by atoms with E-state index in [9.17, 15) is 18.0 Å². The number of nitrogens with one attached hydrogen (secondary N) is 1. The van der Waals surface area contributed by atoms with E-state index in [4.69, 9.17) is 27.9 Å². The van der Waals surface area contributed by atoms with E-state index in [1.54, 1.807) is 42.5 Å². The molecule has 0 aromatic heterocycles. The van der Waals surface area contributed by atoms with Gasteiger partial charge in [0, 0.05) is 40.7 Å². The van der Waals surface area contributed by atoms with Crippen molar-refractivity contribution in [2.24, 2.45) is 0 Å². The molecule has 43 heavy (non-hydrogen) atoms. The molecule has 1 atom stereocenters. The number of anilines is 1. The van der Waals surface area contributed by atoms with Crippen molar-refractivity contribution in [3.63, 3.8) is 0 Å². The number of benzene rings is 3. The lowest BCUT2D eigenvalue weighted by molar-refractivity contribution is -0.140. The Morgan fingerprint density at radius 2 is 1.60 bits per heavy atom. The van der Waals surface area contributed by atoms with Gasteiger partial charge in [-0.3, -0.25) is 13.9 Å². The molecule has 11 heteroatoms. The Morgan fingerprint density at radius 1 is 0.953 bits per heavy atom. The van der Waals surface area contributed by atoms with E-state index >= 15 is 0 Å². The number of sulfonamides is 1. The van der Waals surface area contributed by atoms with Gasteiger partial charge in [0.15, 0.2) is 0 Å². The van der Waals surface area contributed by atoms with Gasteiger partial charge in [-0.2, -0.15) is 0 Å². The minimum absolute atomic E-state index is 0.00433. The number of ether oxygens (including phenoxy) is 1.